The molecule has 0 aromatic heterocycles. The molecule has 0 aliphatic carbocycles. The maximum Gasteiger partial charge on any atom is 0.331 e. The number of ether oxygens (including phenoxy) is 4. The van der Waals surface area contributed by atoms with Crippen LogP contribution in [0.5, 0.6) is 0 Å². The van der Waals surface area contributed by atoms with Crippen LogP contribution >= 0.6 is 0 Å². The molecule has 4 unspecified atom stereocenters. The Morgan fingerprint density at radius 3 is 1.59 bits per heavy atom. The lowest BCUT2D eigenvalue weighted by molar-refractivity contribution is -0.147. The summed E-state index contributed by atoms with van der Waals surface area (Å²) >= 11 is 0. The van der Waals surface area contributed by atoms with Crippen molar-refractivity contribution in [2.75, 3.05) is 13.2 Å². The first kappa shape index (κ1) is 17.0. The van der Waals surface area contributed by atoms with Gasteiger partial charge in [0.1, 0.15) is 24.4 Å². The quantitative estimate of drug-likeness (QED) is 0.347. The number of esters is 2. The summed E-state index contributed by atoms with van der Waals surface area (Å²) in [5.74, 6) is -1.08. The third kappa shape index (κ3) is 5.77. The third-order valence-electron chi connectivity index (χ3n) is 3.58. The van der Waals surface area contributed by atoms with Crippen LogP contribution in [0, 0.1) is 0 Å². The lowest BCUT2D eigenvalue weighted by Gasteiger charge is -2.14. The first-order valence-electron chi connectivity index (χ1n) is 7.96. The third-order valence-corrected chi connectivity index (χ3v) is 3.58. The van der Waals surface area contributed by atoms with E-state index in [0.29, 0.717) is 13.2 Å². The average molecular weight is 312 g/mol. The Morgan fingerprint density at radius 1 is 0.955 bits per heavy atom. The van der Waals surface area contributed by atoms with Gasteiger partial charge in [0.15, 0.2) is 0 Å². The lowest BCUT2D eigenvalue weighted by Crippen LogP contribution is -2.24. The zero-order chi connectivity index (χ0) is 15.9. The molecule has 0 bridgehead atoms. The van der Waals surface area contributed by atoms with Gasteiger partial charge in [-0.1, -0.05) is 26.7 Å². The van der Waals surface area contributed by atoms with Gasteiger partial charge in [0.2, 0.25) is 0 Å². The van der Waals surface area contributed by atoms with Gasteiger partial charge in [-0.3, -0.25) is 0 Å². The summed E-state index contributed by atoms with van der Waals surface area (Å²) in [5.41, 5.74) is 0. The predicted molar refractivity (Wildman–Crippen MR) is 78.2 cm³/mol. The second-order valence-electron chi connectivity index (χ2n) is 5.60. The maximum atomic E-state index is 11.7. The number of rotatable bonds is 10. The molecule has 0 radical (unpaired) electrons. The van der Waals surface area contributed by atoms with Gasteiger partial charge < -0.3 is 18.9 Å². The molecule has 0 aromatic rings. The molecule has 0 aromatic carbocycles. The van der Waals surface area contributed by atoms with E-state index in [1.165, 1.54) is 0 Å². The molecule has 2 saturated heterocycles. The van der Waals surface area contributed by atoms with Crippen LogP contribution in [0.3, 0.4) is 0 Å². The van der Waals surface area contributed by atoms with E-state index in [9.17, 15) is 9.59 Å². The summed E-state index contributed by atoms with van der Waals surface area (Å²) < 4.78 is 20.9. The molecule has 2 aliphatic heterocycles. The Hall–Kier alpha value is -1.40. The first-order chi connectivity index (χ1) is 10.6. The Labute approximate surface area is 130 Å². The number of epoxide rings is 2. The Kier molecular flexibility index (Phi) is 6.39. The molecule has 2 fully saturated rings. The summed E-state index contributed by atoms with van der Waals surface area (Å²) in [6.45, 7) is 5.29. The van der Waals surface area contributed by atoms with Gasteiger partial charge in [-0.05, 0) is 12.8 Å². The van der Waals surface area contributed by atoms with Gasteiger partial charge in [-0.25, -0.2) is 9.59 Å². The van der Waals surface area contributed by atoms with Crippen LogP contribution in [0.1, 0.15) is 39.5 Å². The van der Waals surface area contributed by atoms with Crippen molar-refractivity contribution in [1.82, 2.24) is 0 Å². The average Bonchev–Trinajstić information content (AvgIpc) is 3.37. The fourth-order valence-electron chi connectivity index (χ4n) is 2.26. The molecule has 2 heterocycles. The molecule has 0 spiro atoms. The normalized spacial score (nSPS) is 25.5. The standard InChI is InChI=1S/C16H24O6/c1-3-5-11(13-9-19-13)21-15(17)7-8-16(18)22-12(6-4-2)14-10-20-14/h7-8,11-14H,3-6,9-10H2,1-2H3/b8-7+. The fraction of sp³-hybridized carbons (Fsp3) is 0.750. The molecule has 0 amide bonds. The zero-order valence-corrected chi connectivity index (χ0v) is 13.2. The van der Waals surface area contributed by atoms with Crippen molar-refractivity contribution in [2.45, 2.75) is 63.9 Å². The number of carbonyl (C=O) groups is 2. The van der Waals surface area contributed by atoms with Crippen molar-refractivity contribution in [3.63, 3.8) is 0 Å². The highest BCUT2D eigenvalue weighted by atomic mass is 16.6. The molecular weight excluding hydrogens is 288 g/mol. The van der Waals surface area contributed by atoms with Gasteiger partial charge in [-0.15, -0.1) is 0 Å². The highest BCUT2D eigenvalue weighted by Gasteiger charge is 2.35. The molecule has 0 saturated carbocycles. The maximum absolute atomic E-state index is 11.7. The summed E-state index contributed by atoms with van der Waals surface area (Å²) in [6, 6.07) is 0. The van der Waals surface area contributed by atoms with Crippen LogP contribution in [0.4, 0.5) is 0 Å². The van der Waals surface area contributed by atoms with E-state index in [1.807, 2.05) is 13.8 Å². The van der Waals surface area contributed by atoms with E-state index < -0.39 is 11.9 Å². The fourth-order valence-corrected chi connectivity index (χ4v) is 2.26. The molecule has 2 rings (SSSR count). The van der Waals surface area contributed by atoms with E-state index in [4.69, 9.17) is 18.9 Å². The van der Waals surface area contributed by atoms with Crippen molar-refractivity contribution in [3.05, 3.63) is 12.2 Å². The number of hydrogen-bond acceptors (Lipinski definition) is 6. The Morgan fingerprint density at radius 2 is 1.32 bits per heavy atom. The highest BCUT2D eigenvalue weighted by Crippen LogP contribution is 2.22. The largest absolute Gasteiger partial charge is 0.456 e. The first-order valence-corrected chi connectivity index (χ1v) is 7.96. The molecule has 22 heavy (non-hydrogen) atoms. The van der Waals surface area contributed by atoms with Crippen LogP contribution < -0.4 is 0 Å². The minimum absolute atomic E-state index is 0.00482. The number of hydrogen-bond donors (Lipinski definition) is 0. The summed E-state index contributed by atoms with van der Waals surface area (Å²) in [4.78, 5) is 23.5. The van der Waals surface area contributed by atoms with Gasteiger partial charge in [0.05, 0.1) is 13.2 Å². The second-order valence-corrected chi connectivity index (χ2v) is 5.60. The number of carbonyl (C=O) groups excluding carboxylic acids is 2. The van der Waals surface area contributed by atoms with Crippen LogP contribution in [0.2, 0.25) is 0 Å². The van der Waals surface area contributed by atoms with Gasteiger partial charge >= 0.3 is 11.9 Å². The van der Waals surface area contributed by atoms with Crippen LogP contribution in [-0.2, 0) is 28.5 Å². The van der Waals surface area contributed by atoms with E-state index in [1.54, 1.807) is 0 Å². The minimum atomic E-state index is -0.541. The Balaban J connectivity index is 1.74. The van der Waals surface area contributed by atoms with Crippen LogP contribution in [-0.4, -0.2) is 49.6 Å². The SMILES string of the molecule is CCCC(OC(=O)/C=C/C(=O)OC(CCC)C1CO1)C1CO1. The molecule has 2 aliphatic rings. The summed E-state index contributed by atoms with van der Waals surface area (Å²) in [7, 11) is 0. The van der Waals surface area contributed by atoms with Gasteiger partial charge in [-0.2, -0.15) is 0 Å². The van der Waals surface area contributed by atoms with Crippen molar-refractivity contribution in [3.8, 4) is 0 Å². The predicted octanol–water partition coefficient (Wildman–Crippen LogP) is 1.76. The Bertz CT molecular complexity index is 373. The topological polar surface area (TPSA) is 77.7 Å². The lowest BCUT2D eigenvalue weighted by atomic mass is 10.1. The van der Waals surface area contributed by atoms with Gasteiger partial charge in [0, 0.05) is 12.2 Å². The summed E-state index contributed by atoms with van der Waals surface area (Å²) in [6.07, 6.45) is 5.10. The van der Waals surface area contributed by atoms with Crippen molar-refractivity contribution < 1.29 is 28.5 Å². The molecule has 124 valence electrons. The minimum Gasteiger partial charge on any atom is -0.456 e. The van der Waals surface area contributed by atoms with E-state index in [0.717, 1.165) is 37.8 Å². The van der Waals surface area contributed by atoms with Crippen molar-refractivity contribution in [2.24, 2.45) is 0 Å². The van der Waals surface area contributed by atoms with Crippen molar-refractivity contribution >= 4 is 11.9 Å². The van der Waals surface area contributed by atoms with Crippen molar-refractivity contribution in [1.29, 1.82) is 0 Å². The molecule has 6 nitrogen and oxygen atoms in total. The monoisotopic (exact) mass is 312 g/mol. The van der Waals surface area contributed by atoms with E-state index >= 15 is 0 Å². The molecular formula is C16H24O6. The van der Waals surface area contributed by atoms with Gasteiger partial charge in [0.25, 0.3) is 0 Å². The van der Waals surface area contributed by atoms with E-state index in [-0.39, 0.29) is 24.4 Å². The molecule has 6 heteroatoms. The zero-order valence-electron chi connectivity index (χ0n) is 13.2. The van der Waals surface area contributed by atoms with Crippen LogP contribution in [0.15, 0.2) is 12.2 Å². The van der Waals surface area contributed by atoms with E-state index in [2.05, 4.69) is 0 Å². The smallest absolute Gasteiger partial charge is 0.331 e. The second kappa shape index (κ2) is 8.29. The molecule has 4 atom stereocenters. The highest BCUT2D eigenvalue weighted by molar-refractivity contribution is 5.91. The van der Waals surface area contributed by atoms with Crippen LogP contribution in [0.25, 0.3) is 0 Å². The molecule has 0 N–H and O–H groups in total. The summed E-state index contributed by atoms with van der Waals surface area (Å²) in [5, 5.41) is 0.